The minimum absolute atomic E-state index is 0.159. The predicted octanol–water partition coefficient (Wildman–Crippen LogP) is -0.837. The lowest BCUT2D eigenvalue weighted by Gasteiger charge is -2.28. The molecule has 62 valence electrons. The van der Waals surface area contributed by atoms with Gasteiger partial charge in [-0.15, -0.1) is 0 Å². The fourth-order valence-corrected chi connectivity index (χ4v) is 1.94. The third kappa shape index (κ3) is 1.12. The Kier molecular flexibility index (Phi) is 1.58. The number of hydrogen-bond acceptors (Lipinski definition) is 3. The molecule has 0 aromatic heterocycles. The molecular formula is C7H12N2O2. The highest BCUT2D eigenvalue weighted by molar-refractivity contribution is 5.74. The SMILES string of the molecule is O=C(O)C1NCC2CCC1N2. The summed E-state index contributed by atoms with van der Waals surface area (Å²) in [4.78, 5) is 10.6. The molecule has 2 aliphatic heterocycles. The molecule has 0 saturated carbocycles. The summed E-state index contributed by atoms with van der Waals surface area (Å²) >= 11 is 0. The summed E-state index contributed by atoms with van der Waals surface area (Å²) in [6.07, 6.45) is 2.11. The standard InChI is InChI=1S/C7H12N2O2/c10-7(11)6-5-2-1-4(9-5)3-8-6/h4-6,8-9H,1-3H2,(H,10,11). The summed E-state index contributed by atoms with van der Waals surface area (Å²) < 4.78 is 0. The zero-order valence-corrected chi connectivity index (χ0v) is 6.21. The van der Waals surface area contributed by atoms with E-state index in [1.165, 1.54) is 0 Å². The van der Waals surface area contributed by atoms with Crippen molar-refractivity contribution in [2.24, 2.45) is 0 Å². The molecule has 0 spiro atoms. The van der Waals surface area contributed by atoms with Gasteiger partial charge < -0.3 is 15.7 Å². The van der Waals surface area contributed by atoms with E-state index in [1.807, 2.05) is 0 Å². The van der Waals surface area contributed by atoms with Crippen LogP contribution in [0.2, 0.25) is 0 Å². The van der Waals surface area contributed by atoms with E-state index in [0.717, 1.165) is 19.4 Å². The van der Waals surface area contributed by atoms with Crippen molar-refractivity contribution in [2.45, 2.75) is 31.0 Å². The smallest absolute Gasteiger partial charge is 0.322 e. The van der Waals surface area contributed by atoms with Crippen LogP contribution < -0.4 is 10.6 Å². The van der Waals surface area contributed by atoms with Crippen LogP contribution in [0.1, 0.15) is 12.8 Å². The number of carboxylic acid groups (broad SMARTS) is 1. The first kappa shape index (κ1) is 7.06. The first-order valence-electron chi connectivity index (χ1n) is 3.99. The van der Waals surface area contributed by atoms with Gasteiger partial charge >= 0.3 is 5.97 Å². The third-order valence-corrected chi connectivity index (χ3v) is 2.53. The predicted molar refractivity (Wildman–Crippen MR) is 39.4 cm³/mol. The Morgan fingerprint density at radius 1 is 1.45 bits per heavy atom. The van der Waals surface area contributed by atoms with Crippen LogP contribution in [0.5, 0.6) is 0 Å². The van der Waals surface area contributed by atoms with Crippen LogP contribution >= 0.6 is 0 Å². The maximum Gasteiger partial charge on any atom is 0.322 e. The van der Waals surface area contributed by atoms with Gasteiger partial charge in [0.1, 0.15) is 6.04 Å². The van der Waals surface area contributed by atoms with Gasteiger partial charge in [-0.2, -0.15) is 0 Å². The number of fused-ring (bicyclic) bond motifs is 2. The molecule has 0 amide bonds. The van der Waals surface area contributed by atoms with Crippen molar-refractivity contribution >= 4 is 5.97 Å². The Morgan fingerprint density at radius 2 is 2.27 bits per heavy atom. The summed E-state index contributed by atoms with van der Waals surface area (Å²) in [6, 6.07) is 0.301. The molecule has 2 heterocycles. The van der Waals surface area contributed by atoms with Crippen molar-refractivity contribution < 1.29 is 9.90 Å². The van der Waals surface area contributed by atoms with Gasteiger partial charge in [0.15, 0.2) is 0 Å². The highest BCUT2D eigenvalue weighted by Crippen LogP contribution is 2.19. The molecule has 3 unspecified atom stereocenters. The maximum absolute atomic E-state index is 10.6. The zero-order valence-electron chi connectivity index (χ0n) is 6.21. The number of piperazine rings is 1. The van der Waals surface area contributed by atoms with Crippen LogP contribution in [0.15, 0.2) is 0 Å². The second-order valence-corrected chi connectivity index (χ2v) is 3.27. The summed E-state index contributed by atoms with van der Waals surface area (Å²) in [5, 5.41) is 15.1. The number of carbonyl (C=O) groups is 1. The average Bonchev–Trinajstić information content (AvgIpc) is 2.32. The molecule has 3 atom stereocenters. The zero-order chi connectivity index (χ0) is 7.84. The molecule has 0 aromatic rings. The van der Waals surface area contributed by atoms with E-state index in [9.17, 15) is 4.79 Å². The third-order valence-electron chi connectivity index (χ3n) is 2.53. The van der Waals surface area contributed by atoms with Crippen LogP contribution in [0, 0.1) is 0 Å². The Hall–Kier alpha value is -0.610. The van der Waals surface area contributed by atoms with Crippen molar-refractivity contribution in [3.8, 4) is 0 Å². The largest absolute Gasteiger partial charge is 0.480 e. The molecule has 2 fully saturated rings. The topological polar surface area (TPSA) is 61.4 Å². The van der Waals surface area contributed by atoms with Crippen molar-refractivity contribution in [1.29, 1.82) is 0 Å². The summed E-state index contributed by atoms with van der Waals surface area (Å²) in [7, 11) is 0. The fourth-order valence-electron chi connectivity index (χ4n) is 1.94. The Balaban J connectivity index is 2.07. The molecule has 2 bridgehead atoms. The highest BCUT2D eigenvalue weighted by Gasteiger charge is 2.38. The van der Waals surface area contributed by atoms with Crippen molar-refractivity contribution in [2.75, 3.05) is 6.54 Å². The Morgan fingerprint density at radius 3 is 3.00 bits per heavy atom. The lowest BCUT2D eigenvalue weighted by Crippen LogP contribution is -2.58. The summed E-state index contributed by atoms with van der Waals surface area (Å²) in [5.41, 5.74) is 0. The van der Waals surface area contributed by atoms with E-state index in [1.54, 1.807) is 0 Å². The van der Waals surface area contributed by atoms with Crippen molar-refractivity contribution in [3.63, 3.8) is 0 Å². The lowest BCUT2D eigenvalue weighted by atomic mass is 10.1. The van der Waals surface area contributed by atoms with Gasteiger partial charge in [-0.25, -0.2) is 0 Å². The minimum atomic E-state index is -0.733. The molecular weight excluding hydrogens is 144 g/mol. The van der Waals surface area contributed by atoms with E-state index >= 15 is 0 Å². The monoisotopic (exact) mass is 156 g/mol. The van der Waals surface area contributed by atoms with E-state index in [0.29, 0.717) is 6.04 Å². The maximum atomic E-state index is 10.6. The number of carboxylic acids is 1. The average molecular weight is 156 g/mol. The second-order valence-electron chi connectivity index (χ2n) is 3.27. The molecule has 2 aliphatic rings. The van der Waals surface area contributed by atoms with Crippen molar-refractivity contribution in [1.82, 2.24) is 10.6 Å². The van der Waals surface area contributed by atoms with Gasteiger partial charge in [0, 0.05) is 18.6 Å². The minimum Gasteiger partial charge on any atom is -0.480 e. The number of aliphatic carboxylic acids is 1. The quantitative estimate of drug-likeness (QED) is 0.463. The first-order chi connectivity index (χ1) is 5.27. The van der Waals surface area contributed by atoms with Crippen molar-refractivity contribution in [3.05, 3.63) is 0 Å². The van der Waals surface area contributed by atoms with Crippen LogP contribution in [0.4, 0.5) is 0 Å². The molecule has 3 N–H and O–H groups in total. The number of rotatable bonds is 1. The first-order valence-corrected chi connectivity index (χ1v) is 3.99. The molecule has 0 radical (unpaired) electrons. The molecule has 0 aliphatic carbocycles. The van der Waals surface area contributed by atoms with Crippen LogP contribution in [0.3, 0.4) is 0 Å². The molecule has 0 aromatic carbocycles. The summed E-state index contributed by atoms with van der Waals surface area (Å²) in [5.74, 6) is -0.733. The molecule has 11 heavy (non-hydrogen) atoms. The number of hydrogen-bond donors (Lipinski definition) is 3. The van der Waals surface area contributed by atoms with E-state index in [4.69, 9.17) is 5.11 Å². The van der Waals surface area contributed by atoms with Crippen LogP contribution in [-0.2, 0) is 4.79 Å². The lowest BCUT2D eigenvalue weighted by molar-refractivity contribution is -0.140. The number of nitrogens with one attached hydrogen (secondary N) is 2. The van der Waals surface area contributed by atoms with E-state index in [-0.39, 0.29) is 12.1 Å². The Bertz CT molecular complexity index is 183. The van der Waals surface area contributed by atoms with Crippen LogP contribution in [-0.4, -0.2) is 35.7 Å². The van der Waals surface area contributed by atoms with E-state index in [2.05, 4.69) is 10.6 Å². The van der Waals surface area contributed by atoms with Gasteiger partial charge in [0.25, 0.3) is 0 Å². The van der Waals surface area contributed by atoms with Crippen LogP contribution in [0.25, 0.3) is 0 Å². The van der Waals surface area contributed by atoms with Gasteiger partial charge in [0.05, 0.1) is 0 Å². The molecule has 4 heteroatoms. The summed E-state index contributed by atoms with van der Waals surface area (Å²) in [6.45, 7) is 0.799. The molecule has 2 rings (SSSR count). The highest BCUT2D eigenvalue weighted by atomic mass is 16.4. The van der Waals surface area contributed by atoms with Gasteiger partial charge in [0.2, 0.25) is 0 Å². The normalized spacial score (nSPS) is 42.4. The molecule has 4 nitrogen and oxygen atoms in total. The fraction of sp³-hybridized carbons (Fsp3) is 0.857. The van der Waals surface area contributed by atoms with Gasteiger partial charge in [-0.3, -0.25) is 4.79 Å². The van der Waals surface area contributed by atoms with E-state index < -0.39 is 5.97 Å². The molecule has 2 saturated heterocycles. The Labute approximate surface area is 65.0 Å². The van der Waals surface area contributed by atoms with Gasteiger partial charge in [-0.1, -0.05) is 0 Å². The second kappa shape index (κ2) is 2.46. The van der Waals surface area contributed by atoms with Gasteiger partial charge in [-0.05, 0) is 12.8 Å².